The molecule has 0 saturated heterocycles. The lowest BCUT2D eigenvalue weighted by Gasteiger charge is -2.25. The van der Waals surface area contributed by atoms with Gasteiger partial charge < -0.3 is 4.74 Å². The van der Waals surface area contributed by atoms with E-state index in [1.54, 1.807) is 6.92 Å². The van der Waals surface area contributed by atoms with Crippen LogP contribution in [-0.4, -0.2) is 16.4 Å². The van der Waals surface area contributed by atoms with Crippen molar-refractivity contribution in [3.8, 4) is 0 Å². The summed E-state index contributed by atoms with van der Waals surface area (Å²) in [6, 6.07) is 3.86. The number of carbonyl (C=O) groups is 1. The number of alkyl halides is 3. The Morgan fingerprint density at radius 1 is 1.16 bits per heavy atom. The first-order chi connectivity index (χ1) is 8.68. The van der Waals surface area contributed by atoms with Crippen molar-refractivity contribution in [1.29, 1.82) is 0 Å². The van der Waals surface area contributed by atoms with Gasteiger partial charge in [-0.25, -0.2) is 0 Å². The lowest BCUT2D eigenvalue weighted by atomic mass is 9.92. The normalized spacial score (nSPS) is 13.2. The van der Waals surface area contributed by atoms with Gasteiger partial charge in [-0.3, -0.25) is 4.79 Å². The molecular formula is C14H17Cl3O2. The van der Waals surface area contributed by atoms with Crippen LogP contribution in [0.25, 0.3) is 0 Å². The van der Waals surface area contributed by atoms with Gasteiger partial charge in [-0.05, 0) is 49.9 Å². The zero-order chi connectivity index (χ0) is 14.8. The maximum atomic E-state index is 12.1. The lowest BCUT2D eigenvalue weighted by molar-refractivity contribution is -0.144. The highest BCUT2D eigenvalue weighted by Crippen LogP contribution is 2.43. The maximum absolute atomic E-state index is 12.1. The Labute approximate surface area is 129 Å². The predicted molar refractivity (Wildman–Crippen MR) is 80.3 cm³/mol. The van der Waals surface area contributed by atoms with E-state index in [4.69, 9.17) is 39.5 Å². The van der Waals surface area contributed by atoms with Crippen LogP contribution in [0.4, 0.5) is 0 Å². The largest absolute Gasteiger partial charge is 0.465 e. The third-order valence-corrected chi connectivity index (χ3v) is 3.70. The van der Waals surface area contributed by atoms with Crippen molar-refractivity contribution in [3.05, 3.63) is 34.4 Å². The summed E-state index contributed by atoms with van der Waals surface area (Å²) >= 11 is 17.9. The minimum absolute atomic E-state index is 0.250. The molecule has 0 bridgehead atoms. The van der Waals surface area contributed by atoms with Crippen molar-refractivity contribution < 1.29 is 9.53 Å². The van der Waals surface area contributed by atoms with Crippen LogP contribution in [0.2, 0.25) is 0 Å². The van der Waals surface area contributed by atoms with Crippen molar-refractivity contribution in [3.63, 3.8) is 0 Å². The van der Waals surface area contributed by atoms with E-state index in [-0.39, 0.29) is 6.61 Å². The SMILES string of the molecule is CCOC(=O)C(c1cc(C)c(C)cc1C)C(Cl)(Cl)Cl. The fraction of sp³-hybridized carbons (Fsp3) is 0.500. The van der Waals surface area contributed by atoms with Gasteiger partial charge in [0.25, 0.3) is 0 Å². The molecule has 1 aromatic carbocycles. The molecule has 0 heterocycles. The van der Waals surface area contributed by atoms with E-state index in [2.05, 4.69) is 0 Å². The van der Waals surface area contributed by atoms with Gasteiger partial charge in [-0.2, -0.15) is 0 Å². The predicted octanol–water partition coefficient (Wildman–Crippen LogP) is 4.63. The van der Waals surface area contributed by atoms with Crippen molar-refractivity contribution in [2.45, 2.75) is 37.4 Å². The zero-order valence-corrected chi connectivity index (χ0v) is 13.7. The summed E-state index contributed by atoms with van der Waals surface area (Å²) in [6.07, 6.45) is 0. The molecule has 0 aromatic heterocycles. The molecule has 0 fully saturated rings. The second-order valence-corrected chi connectivity index (χ2v) is 6.89. The highest BCUT2D eigenvalue weighted by Gasteiger charge is 2.41. The van der Waals surface area contributed by atoms with Gasteiger partial charge in [0.05, 0.1) is 6.61 Å². The first-order valence-corrected chi connectivity index (χ1v) is 7.13. The van der Waals surface area contributed by atoms with Crippen LogP contribution in [0.5, 0.6) is 0 Å². The van der Waals surface area contributed by atoms with Gasteiger partial charge >= 0.3 is 5.97 Å². The molecule has 0 amide bonds. The molecule has 0 aliphatic carbocycles. The summed E-state index contributed by atoms with van der Waals surface area (Å²) in [5.74, 6) is -1.44. The number of halogens is 3. The Kier molecular flexibility index (Phi) is 5.54. The molecule has 0 saturated carbocycles. The number of aryl methyl sites for hydroxylation is 3. The smallest absolute Gasteiger partial charge is 0.317 e. The van der Waals surface area contributed by atoms with Crippen LogP contribution < -0.4 is 0 Å². The van der Waals surface area contributed by atoms with Crippen molar-refractivity contribution >= 4 is 40.8 Å². The van der Waals surface area contributed by atoms with Gasteiger partial charge in [-0.15, -0.1) is 0 Å². The van der Waals surface area contributed by atoms with E-state index in [0.29, 0.717) is 5.56 Å². The molecule has 106 valence electrons. The Bertz CT molecular complexity index is 478. The molecule has 1 atom stereocenters. The molecule has 5 heteroatoms. The van der Waals surface area contributed by atoms with E-state index in [9.17, 15) is 4.79 Å². The third-order valence-electron chi connectivity index (χ3n) is 3.04. The van der Waals surface area contributed by atoms with E-state index < -0.39 is 15.7 Å². The fourth-order valence-electron chi connectivity index (χ4n) is 1.96. The minimum Gasteiger partial charge on any atom is -0.465 e. The van der Waals surface area contributed by atoms with E-state index >= 15 is 0 Å². The topological polar surface area (TPSA) is 26.3 Å². The summed E-state index contributed by atoms with van der Waals surface area (Å²) < 4.78 is 3.28. The van der Waals surface area contributed by atoms with E-state index in [1.807, 2.05) is 32.9 Å². The average Bonchev–Trinajstić information content (AvgIpc) is 2.24. The summed E-state index contributed by atoms with van der Waals surface area (Å²) in [6.45, 7) is 7.82. The quantitative estimate of drug-likeness (QED) is 0.599. The average molecular weight is 324 g/mol. The molecule has 1 aromatic rings. The van der Waals surface area contributed by atoms with Gasteiger partial charge in [0.1, 0.15) is 5.92 Å². The molecule has 0 aliphatic rings. The molecule has 1 unspecified atom stereocenters. The summed E-state index contributed by atoms with van der Waals surface area (Å²) in [4.78, 5) is 12.1. The molecule has 2 nitrogen and oxygen atoms in total. The number of hydrogen-bond acceptors (Lipinski definition) is 2. The number of ether oxygens (including phenoxy) is 1. The second-order valence-electron chi connectivity index (χ2n) is 4.52. The van der Waals surface area contributed by atoms with Crippen molar-refractivity contribution in [2.75, 3.05) is 6.61 Å². The molecule has 1 rings (SSSR count). The van der Waals surface area contributed by atoms with Crippen LogP contribution >= 0.6 is 34.8 Å². The summed E-state index contributed by atoms with van der Waals surface area (Å²) in [5.41, 5.74) is 3.78. The molecule has 19 heavy (non-hydrogen) atoms. The standard InChI is InChI=1S/C14H17Cl3O2/c1-5-19-13(18)12(14(15,16)17)11-7-9(3)8(2)6-10(11)4/h6-7,12H,5H2,1-4H3. The summed E-state index contributed by atoms with van der Waals surface area (Å²) in [7, 11) is 0. The van der Waals surface area contributed by atoms with E-state index in [0.717, 1.165) is 16.7 Å². The molecule has 0 spiro atoms. The van der Waals surface area contributed by atoms with Gasteiger partial charge in [-0.1, -0.05) is 46.9 Å². The van der Waals surface area contributed by atoms with Gasteiger partial charge in [0, 0.05) is 0 Å². The fourth-order valence-corrected chi connectivity index (χ4v) is 2.58. The summed E-state index contributed by atoms with van der Waals surface area (Å²) in [5, 5.41) is 0. The molecule has 0 N–H and O–H groups in total. The first kappa shape index (κ1) is 16.6. The van der Waals surface area contributed by atoms with Crippen LogP contribution in [0, 0.1) is 20.8 Å². The van der Waals surface area contributed by atoms with Gasteiger partial charge in [0.15, 0.2) is 0 Å². The van der Waals surface area contributed by atoms with Crippen LogP contribution in [0.15, 0.2) is 12.1 Å². The first-order valence-electron chi connectivity index (χ1n) is 5.99. The number of rotatable bonds is 3. The number of carbonyl (C=O) groups excluding carboxylic acids is 1. The third kappa shape index (κ3) is 4.01. The monoisotopic (exact) mass is 322 g/mol. The second kappa shape index (κ2) is 6.34. The van der Waals surface area contributed by atoms with Crippen LogP contribution in [-0.2, 0) is 9.53 Å². The Morgan fingerprint density at radius 2 is 1.68 bits per heavy atom. The molecule has 0 aliphatic heterocycles. The van der Waals surface area contributed by atoms with Crippen LogP contribution in [0.3, 0.4) is 0 Å². The van der Waals surface area contributed by atoms with Gasteiger partial charge in [0.2, 0.25) is 3.79 Å². The highest BCUT2D eigenvalue weighted by atomic mass is 35.6. The zero-order valence-electron chi connectivity index (χ0n) is 11.4. The number of hydrogen-bond donors (Lipinski definition) is 0. The Balaban J connectivity index is 3.34. The maximum Gasteiger partial charge on any atom is 0.317 e. The molecular weight excluding hydrogens is 307 g/mol. The van der Waals surface area contributed by atoms with Crippen molar-refractivity contribution in [2.24, 2.45) is 0 Å². The number of benzene rings is 1. The van der Waals surface area contributed by atoms with Crippen molar-refractivity contribution in [1.82, 2.24) is 0 Å². The Morgan fingerprint density at radius 3 is 2.16 bits per heavy atom. The highest BCUT2D eigenvalue weighted by molar-refractivity contribution is 6.68. The minimum atomic E-state index is -1.74. The lowest BCUT2D eigenvalue weighted by Crippen LogP contribution is -2.28. The Hall–Kier alpha value is -0.440. The van der Waals surface area contributed by atoms with Crippen LogP contribution in [0.1, 0.15) is 35.1 Å². The number of esters is 1. The van der Waals surface area contributed by atoms with E-state index in [1.165, 1.54) is 0 Å². The molecule has 0 radical (unpaired) electrons.